The third-order valence-corrected chi connectivity index (χ3v) is 10.2. The lowest BCUT2D eigenvalue weighted by Crippen LogP contribution is -2.53. The van der Waals surface area contributed by atoms with Crippen LogP contribution < -0.4 is 0 Å². The summed E-state index contributed by atoms with van der Waals surface area (Å²) in [4.78, 5) is 11.1. The van der Waals surface area contributed by atoms with Crippen molar-refractivity contribution in [1.29, 1.82) is 0 Å². The van der Waals surface area contributed by atoms with Gasteiger partial charge in [-0.15, -0.1) is 0 Å². The summed E-state index contributed by atoms with van der Waals surface area (Å²) in [6.07, 6.45) is 13.2. The summed E-state index contributed by atoms with van der Waals surface area (Å²) in [5.74, 6) is 3.43. The molecule has 0 aromatic heterocycles. The Bertz CT molecular complexity index is 574. The molecule has 3 heteroatoms. The molecule has 4 aliphatic rings. The smallest absolute Gasteiger partial charge is 0.332 e. The Morgan fingerprint density at radius 3 is 2.44 bits per heavy atom. The molecule has 4 saturated carbocycles. The van der Waals surface area contributed by atoms with Crippen LogP contribution in [0.5, 0.6) is 0 Å². The van der Waals surface area contributed by atoms with E-state index in [4.69, 9.17) is 5.11 Å². The molecule has 0 heterocycles. The van der Waals surface area contributed by atoms with E-state index >= 15 is 0 Å². The Labute approximate surface area is 165 Å². The summed E-state index contributed by atoms with van der Waals surface area (Å²) >= 11 is 0. The molecule has 0 saturated heterocycles. The number of carboxylic acids is 1. The number of rotatable bonds is 4. The fourth-order valence-corrected chi connectivity index (χ4v) is 8.89. The summed E-state index contributed by atoms with van der Waals surface area (Å²) in [5, 5.41) is 19.0. The third kappa shape index (κ3) is 3.07. The zero-order valence-corrected chi connectivity index (χ0v) is 17.6. The fourth-order valence-electron chi connectivity index (χ4n) is 8.89. The van der Waals surface area contributed by atoms with Gasteiger partial charge in [0.1, 0.15) is 0 Å². The third-order valence-electron chi connectivity index (χ3n) is 10.2. The van der Waals surface area contributed by atoms with Gasteiger partial charge < -0.3 is 10.2 Å². The molecule has 0 aliphatic heterocycles. The molecule has 0 radical (unpaired) electrons. The first kappa shape index (κ1) is 19.7. The van der Waals surface area contributed by atoms with Crippen molar-refractivity contribution in [2.24, 2.45) is 46.3 Å². The van der Waals surface area contributed by atoms with Gasteiger partial charge in [0, 0.05) is 0 Å². The van der Waals surface area contributed by atoms with Crippen LogP contribution in [0.3, 0.4) is 0 Å². The van der Waals surface area contributed by atoms with Gasteiger partial charge in [-0.25, -0.2) is 4.79 Å². The summed E-state index contributed by atoms with van der Waals surface area (Å²) < 4.78 is 0. The number of aliphatic hydroxyl groups excluding tert-OH is 1. The van der Waals surface area contributed by atoms with E-state index in [1.807, 2.05) is 0 Å². The average molecular weight is 377 g/mol. The largest absolute Gasteiger partial charge is 0.479 e. The van der Waals surface area contributed by atoms with E-state index in [1.54, 1.807) is 0 Å². The van der Waals surface area contributed by atoms with Crippen molar-refractivity contribution in [1.82, 2.24) is 0 Å². The standard InChI is InChI=1S/C24H40O3/c1-15(14-21(25)22(26)27)18-9-10-19-17-8-7-16-6-4-5-12-23(16,2)20(17)11-13-24(18,19)3/h15-21,25H,4-14H2,1-3H3,(H,26,27)/t15-,16+,17+,18-,19+,20+,21?,23+,24-/m1/s1. The van der Waals surface area contributed by atoms with E-state index in [2.05, 4.69) is 20.8 Å². The molecule has 27 heavy (non-hydrogen) atoms. The van der Waals surface area contributed by atoms with Crippen molar-refractivity contribution in [2.75, 3.05) is 0 Å². The number of hydrogen-bond donors (Lipinski definition) is 2. The van der Waals surface area contributed by atoms with Gasteiger partial charge in [-0.3, -0.25) is 0 Å². The molecule has 0 amide bonds. The first-order valence-corrected chi connectivity index (χ1v) is 11.7. The van der Waals surface area contributed by atoms with Crippen LogP contribution in [0.2, 0.25) is 0 Å². The van der Waals surface area contributed by atoms with Gasteiger partial charge in [0.15, 0.2) is 6.10 Å². The molecule has 0 bridgehead atoms. The minimum atomic E-state index is -1.20. The van der Waals surface area contributed by atoms with Gasteiger partial charge in [0.25, 0.3) is 0 Å². The number of fused-ring (bicyclic) bond motifs is 5. The lowest BCUT2D eigenvalue weighted by atomic mass is 9.44. The Kier molecular flexibility index (Phi) is 5.15. The first-order valence-electron chi connectivity index (χ1n) is 11.7. The van der Waals surface area contributed by atoms with Crippen LogP contribution in [-0.4, -0.2) is 22.3 Å². The molecule has 4 fully saturated rings. The highest BCUT2D eigenvalue weighted by Crippen LogP contribution is 2.68. The average Bonchev–Trinajstić information content (AvgIpc) is 2.98. The van der Waals surface area contributed by atoms with Crippen molar-refractivity contribution < 1.29 is 15.0 Å². The van der Waals surface area contributed by atoms with Crippen LogP contribution in [0.25, 0.3) is 0 Å². The van der Waals surface area contributed by atoms with Crippen LogP contribution in [-0.2, 0) is 4.79 Å². The molecular weight excluding hydrogens is 336 g/mol. The maximum absolute atomic E-state index is 11.1. The number of hydrogen-bond acceptors (Lipinski definition) is 2. The lowest BCUT2D eigenvalue weighted by molar-refractivity contribution is -0.148. The molecule has 1 unspecified atom stereocenters. The highest BCUT2D eigenvalue weighted by atomic mass is 16.4. The Morgan fingerprint density at radius 1 is 0.963 bits per heavy atom. The zero-order chi connectivity index (χ0) is 19.4. The number of aliphatic hydroxyl groups is 1. The van der Waals surface area contributed by atoms with Crippen molar-refractivity contribution in [3.63, 3.8) is 0 Å². The van der Waals surface area contributed by atoms with E-state index in [-0.39, 0.29) is 0 Å². The Hall–Kier alpha value is -0.570. The first-order chi connectivity index (χ1) is 12.8. The molecule has 0 aromatic carbocycles. The predicted molar refractivity (Wildman–Crippen MR) is 107 cm³/mol. The minimum Gasteiger partial charge on any atom is -0.479 e. The van der Waals surface area contributed by atoms with Crippen molar-refractivity contribution in [3.05, 3.63) is 0 Å². The maximum Gasteiger partial charge on any atom is 0.332 e. The topological polar surface area (TPSA) is 57.5 Å². The predicted octanol–water partition coefficient (Wildman–Crippen LogP) is 5.51. The number of carboxylic acid groups (broad SMARTS) is 1. The van der Waals surface area contributed by atoms with E-state index in [0.717, 1.165) is 23.7 Å². The second-order valence-electron chi connectivity index (χ2n) is 11.2. The monoisotopic (exact) mass is 376 g/mol. The molecule has 3 nitrogen and oxygen atoms in total. The molecule has 4 rings (SSSR count). The van der Waals surface area contributed by atoms with Gasteiger partial charge in [0.05, 0.1) is 0 Å². The van der Waals surface area contributed by atoms with Gasteiger partial charge >= 0.3 is 5.97 Å². The molecule has 2 N–H and O–H groups in total. The highest BCUT2D eigenvalue weighted by molar-refractivity contribution is 5.71. The molecule has 9 atom stereocenters. The number of aliphatic carboxylic acids is 1. The minimum absolute atomic E-state index is 0.296. The fraction of sp³-hybridized carbons (Fsp3) is 0.958. The van der Waals surface area contributed by atoms with E-state index in [1.165, 1.54) is 64.2 Å². The SMILES string of the molecule is C[C@H](CC(O)C(=O)O)[C@H]1CC[C@H]2[C@@H]3CC[C@@H]4CCCC[C@]4(C)[C@H]3CC[C@]12C. The molecule has 0 spiro atoms. The van der Waals surface area contributed by atoms with Crippen molar-refractivity contribution >= 4 is 5.97 Å². The summed E-state index contributed by atoms with van der Waals surface area (Å²) in [6, 6.07) is 0. The maximum atomic E-state index is 11.1. The van der Waals surface area contributed by atoms with Crippen LogP contribution >= 0.6 is 0 Å². The lowest BCUT2D eigenvalue weighted by Gasteiger charge is -2.61. The quantitative estimate of drug-likeness (QED) is 0.680. The normalized spacial score (nSPS) is 48.8. The molecular formula is C24H40O3. The van der Waals surface area contributed by atoms with Crippen LogP contribution in [0.1, 0.15) is 91.4 Å². The van der Waals surface area contributed by atoms with Gasteiger partial charge in [-0.2, -0.15) is 0 Å². The van der Waals surface area contributed by atoms with Crippen LogP contribution in [0.15, 0.2) is 0 Å². The Morgan fingerprint density at radius 2 is 1.70 bits per heavy atom. The summed E-state index contributed by atoms with van der Waals surface area (Å²) in [7, 11) is 0. The van der Waals surface area contributed by atoms with E-state index in [9.17, 15) is 9.90 Å². The van der Waals surface area contributed by atoms with E-state index in [0.29, 0.717) is 29.1 Å². The second-order valence-corrected chi connectivity index (χ2v) is 11.2. The van der Waals surface area contributed by atoms with Crippen LogP contribution in [0, 0.1) is 46.3 Å². The Balaban J connectivity index is 1.52. The second kappa shape index (κ2) is 7.04. The molecule has 4 aliphatic carbocycles. The van der Waals surface area contributed by atoms with Crippen molar-refractivity contribution in [3.8, 4) is 0 Å². The van der Waals surface area contributed by atoms with Crippen molar-refractivity contribution in [2.45, 2.75) is 97.5 Å². The summed E-state index contributed by atoms with van der Waals surface area (Å²) in [6.45, 7) is 7.34. The van der Waals surface area contributed by atoms with Gasteiger partial charge in [0.2, 0.25) is 0 Å². The molecule has 0 aromatic rings. The zero-order valence-electron chi connectivity index (χ0n) is 17.6. The van der Waals surface area contributed by atoms with Gasteiger partial charge in [-0.1, -0.05) is 33.6 Å². The summed E-state index contributed by atoms with van der Waals surface area (Å²) in [5.41, 5.74) is 0.947. The van der Waals surface area contributed by atoms with E-state index < -0.39 is 12.1 Å². The highest BCUT2D eigenvalue weighted by Gasteiger charge is 2.60. The van der Waals surface area contributed by atoms with Crippen LogP contribution in [0.4, 0.5) is 0 Å². The molecule has 154 valence electrons. The van der Waals surface area contributed by atoms with Gasteiger partial charge in [-0.05, 0) is 104 Å². The number of carbonyl (C=O) groups is 1.